The predicted molar refractivity (Wildman–Crippen MR) is 116 cm³/mol. The molecule has 2 heterocycles. The van der Waals surface area contributed by atoms with Crippen molar-refractivity contribution in [1.82, 2.24) is 9.29 Å². The van der Waals surface area contributed by atoms with Crippen molar-refractivity contribution in [3.63, 3.8) is 0 Å². The molecule has 0 saturated carbocycles. The molecule has 1 fully saturated rings. The molecule has 0 aliphatic carbocycles. The average Bonchev–Trinajstić information content (AvgIpc) is 2.84. The van der Waals surface area contributed by atoms with Crippen molar-refractivity contribution in [2.24, 2.45) is 5.92 Å². The van der Waals surface area contributed by atoms with Gasteiger partial charge in [-0.05, 0) is 37.1 Å². The summed E-state index contributed by atoms with van der Waals surface area (Å²) in [5.74, 6) is -1.42. The molecule has 0 atom stereocenters. The van der Waals surface area contributed by atoms with Crippen molar-refractivity contribution in [3.05, 3.63) is 54.9 Å². The van der Waals surface area contributed by atoms with E-state index < -0.39 is 34.4 Å². The first-order valence-electron chi connectivity index (χ1n) is 10.2. The lowest BCUT2D eigenvalue weighted by atomic mass is 9.98. The number of ether oxygens (including phenoxy) is 1. The molecule has 10 heteroatoms. The first-order valence-corrected chi connectivity index (χ1v) is 11.7. The molecule has 0 radical (unpaired) electrons. The number of carbonyl (C=O) groups is 2. The smallest absolute Gasteiger partial charge is 0.309 e. The van der Waals surface area contributed by atoms with Crippen molar-refractivity contribution >= 4 is 27.6 Å². The summed E-state index contributed by atoms with van der Waals surface area (Å²) in [5.41, 5.74) is 0.623. The van der Waals surface area contributed by atoms with E-state index in [0.717, 1.165) is 0 Å². The number of pyridine rings is 1. The lowest BCUT2D eigenvalue weighted by molar-refractivity contribution is -0.153. The number of rotatable bonds is 8. The first-order chi connectivity index (χ1) is 15.4. The number of benzene rings is 1. The van der Waals surface area contributed by atoms with Gasteiger partial charge in [-0.1, -0.05) is 18.2 Å². The van der Waals surface area contributed by atoms with Gasteiger partial charge in [0.2, 0.25) is 10.0 Å². The molecule has 0 unspecified atom stereocenters. The van der Waals surface area contributed by atoms with E-state index in [4.69, 9.17) is 10.00 Å². The van der Waals surface area contributed by atoms with Crippen LogP contribution in [0.4, 0.5) is 5.69 Å². The molecule has 0 N–H and O–H groups in total. The highest BCUT2D eigenvalue weighted by Gasteiger charge is 2.33. The van der Waals surface area contributed by atoms with Crippen LogP contribution in [0.2, 0.25) is 0 Å². The van der Waals surface area contributed by atoms with E-state index >= 15 is 0 Å². The Morgan fingerprint density at radius 2 is 1.88 bits per heavy atom. The lowest BCUT2D eigenvalue weighted by Crippen LogP contribution is -2.41. The lowest BCUT2D eigenvalue weighted by Gasteiger charge is -2.30. The molecule has 1 aliphatic rings. The molecule has 1 saturated heterocycles. The number of aromatic nitrogens is 1. The molecular formula is C22H24N4O5S. The first kappa shape index (κ1) is 23.4. The van der Waals surface area contributed by atoms with Gasteiger partial charge in [-0.3, -0.25) is 14.6 Å². The Hall–Kier alpha value is -3.29. The van der Waals surface area contributed by atoms with Crippen molar-refractivity contribution < 1.29 is 22.7 Å². The Balaban J connectivity index is 1.53. The number of sulfonamides is 1. The summed E-state index contributed by atoms with van der Waals surface area (Å²) in [5, 5.41) is 8.86. The molecule has 2 aromatic rings. The second-order valence-corrected chi connectivity index (χ2v) is 9.20. The Bertz CT molecular complexity index is 1060. The Kier molecular flexibility index (Phi) is 7.92. The van der Waals surface area contributed by atoms with Crippen LogP contribution in [0.15, 0.2) is 59.8 Å². The van der Waals surface area contributed by atoms with Crippen molar-refractivity contribution in [3.8, 4) is 6.07 Å². The highest BCUT2D eigenvalue weighted by molar-refractivity contribution is 7.89. The molecule has 1 amide bonds. The number of amides is 1. The third kappa shape index (κ3) is 5.69. The van der Waals surface area contributed by atoms with Crippen LogP contribution in [0.5, 0.6) is 0 Å². The van der Waals surface area contributed by atoms with Crippen LogP contribution < -0.4 is 4.90 Å². The maximum atomic E-state index is 12.7. The molecule has 0 spiro atoms. The van der Waals surface area contributed by atoms with E-state index in [9.17, 15) is 18.0 Å². The van der Waals surface area contributed by atoms with Gasteiger partial charge in [0.25, 0.3) is 5.91 Å². The summed E-state index contributed by atoms with van der Waals surface area (Å²) in [7, 11) is -3.66. The molecule has 3 rings (SSSR count). The second kappa shape index (κ2) is 10.8. The average molecular weight is 457 g/mol. The number of carbonyl (C=O) groups excluding carboxylic acids is 2. The van der Waals surface area contributed by atoms with E-state index in [2.05, 4.69) is 4.98 Å². The van der Waals surface area contributed by atoms with Gasteiger partial charge in [0.1, 0.15) is 4.90 Å². The van der Waals surface area contributed by atoms with Gasteiger partial charge in [-0.15, -0.1) is 0 Å². The van der Waals surface area contributed by atoms with Crippen LogP contribution in [0.25, 0.3) is 0 Å². The van der Waals surface area contributed by atoms with Gasteiger partial charge in [0, 0.05) is 37.7 Å². The van der Waals surface area contributed by atoms with Crippen molar-refractivity contribution in [2.75, 3.05) is 31.1 Å². The van der Waals surface area contributed by atoms with Crippen LogP contribution in [0.3, 0.4) is 0 Å². The molecule has 0 bridgehead atoms. The predicted octanol–water partition coefficient (Wildman–Crippen LogP) is 1.97. The monoisotopic (exact) mass is 456 g/mol. The van der Waals surface area contributed by atoms with Crippen LogP contribution in [0.1, 0.15) is 19.3 Å². The SMILES string of the molecule is N#CCCN(C(=O)COC(=O)C1CCN(S(=O)(=O)c2cccnc2)CC1)c1ccccc1. The van der Waals surface area contributed by atoms with E-state index in [0.29, 0.717) is 18.5 Å². The fourth-order valence-electron chi connectivity index (χ4n) is 3.48. The van der Waals surface area contributed by atoms with E-state index in [1.165, 1.54) is 27.7 Å². The normalized spacial score (nSPS) is 15.0. The minimum Gasteiger partial charge on any atom is -0.455 e. The quantitative estimate of drug-likeness (QED) is 0.557. The number of piperidine rings is 1. The number of esters is 1. The maximum absolute atomic E-state index is 12.7. The van der Waals surface area contributed by atoms with Gasteiger partial charge < -0.3 is 9.64 Å². The minimum atomic E-state index is -3.66. The largest absolute Gasteiger partial charge is 0.455 e. The van der Waals surface area contributed by atoms with Gasteiger partial charge in [-0.25, -0.2) is 8.42 Å². The van der Waals surface area contributed by atoms with Gasteiger partial charge in [-0.2, -0.15) is 9.57 Å². The number of hydrogen-bond donors (Lipinski definition) is 0. The Morgan fingerprint density at radius 1 is 1.16 bits per heavy atom. The minimum absolute atomic E-state index is 0.116. The number of nitriles is 1. The standard InChI is InChI=1S/C22H24N4O5S/c23-11-5-13-26(19-6-2-1-3-7-19)21(27)17-31-22(28)18-9-14-25(15-10-18)32(29,30)20-8-4-12-24-16-20/h1-4,6-8,12,16,18H,5,9-10,13-15,17H2. The summed E-state index contributed by atoms with van der Waals surface area (Å²) in [4.78, 5) is 30.5. The topological polar surface area (TPSA) is 121 Å². The second-order valence-electron chi connectivity index (χ2n) is 7.26. The number of hydrogen-bond acceptors (Lipinski definition) is 7. The number of para-hydroxylation sites is 1. The van der Waals surface area contributed by atoms with Crippen molar-refractivity contribution in [1.29, 1.82) is 5.26 Å². The highest BCUT2D eigenvalue weighted by Crippen LogP contribution is 2.24. The van der Waals surface area contributed by atoms with E-state index in [1.54, 1.807) is 30.3 Å². The van der Waals surface area contributed by atoms with Crippen LogP contribution >= 0.6 is 0 Å². The van der Waals surface area contributed by atoms with Crippen molar-refractivity contribution in [2.45, 2.75) is 24.2 Å². The zero-order chi connectivity index (χ0) is 23.0. The van der Waals surface area contributed by atoms with E-state index in [1.807, 2.05) is 12.1 Å². The molecule has 9 nitrogen and oxygen atoms in total. The van der Waals surface area contributed by atoms with Crippen LogP contribution in [-0.4, -0.2) is 55.8 Å². The van der Waals surface area contributed by atoms with E-state index in [-0.39, 0.29) is 31.0 Å². The summed E-state index contributed by atoms with van der Waals surface area (Å²) in [6.07, 6.45) is 3.57. The molecule has 1 aromatic carbocycles. The summed E-state index contributed by atoms with van der Waals surface area (Å²) in [6.45, 7) is 0.126. The van der Waals surface area contributed by atoms with Crippen LogP contribution in [0, 0.1) is 17.2 Å². The summed E-state index contributed by atoms with van der Waals surface area (Å²) < 4.78 is 31.9. The molecule has 32 heavy (non-hydrogen) atoms. The third-order valence-electron chi connectivity index (χ3n) is 5.21. The Morgan fingerprint density at radius 3 is 2.50 bits per heavy atom. The fraction of sp³-hybridized carbons (Fsp3) is 0.364. The highest BCUT2D eigenvalue weighted by atomic mass is 32.2. The zero-order valence-corrected chi connectivity index (χ0v) is 18.3. The Labute approximate surface area is 187 Å². The zero-order valence-electron chi connectivity index (χ0n) is 17.5. The maximum Gasteiger partial charge on any atom is 0.309 e. The van der Waals surface area contributed by atoms with Gasteiger partial charge >= 0.3 is 5.97 Å². The molecular weight excluding hydrogens is 432 g/mol. The van der Waals surface area contributed by atoms with Gasteiger partial charge in [0.15, 0.2) is 6.61 Å². The fourth-order valence-corrected chi connectivity index (χ4v) is 4.91. The number of anilines is 1. The van der Waals surface area contributed by atoms with Gasteiger partial charge in [0.05, 0.1) is 18.4 Å². The third-order valence-corrected chi connectivity index (χ3v) is 7.10. The summed E-state index contributed by atoms with van der Waals surface area (Å²) in [6, 6.07) is 13.9. The summed E-state index contributed by atoms with van der Waals surface area (Å²) >= 11 is 0. The molecule has 1 aromatic heterocycles. The number of nitrogens with zero attached hydrogens (tertiary/aromatic N) is 4. The molecule has 168 valence electrons. The molecule has 1 aliphatic heterocycles. The van der Waals surface area contributed by atoms with Crippen LogP contribution in [-0.2, 0) is 24.3 Å².